The number of halogens is 1. The highest BCUT2D eigenvalue weighted by molar-refractivity contribution is 9.10. The Labute approximate surface area is 122 Å². The van der Waals surface area contributed by atoms with Crippen molar-refractivity contribution < 1.29 is 9.47 Å². The number of methoxy groups -OCH3 is 2. The molecule has 0 radical (unpaired) electrons. The molecular weight excluding hydrogens is 304 g/mol. The largest absolute Gasteiger partial charge is 0.496 e. The summed E-state index contributed by atoms with van der Waals surface area (Å²) in [6.45, 7) is 4.17. The predicted molar refractivity (Wildman–Crippen MR) is 82.2 cm³/mol. The van der Waals surface area contributed by atoms with Crippen LogP contribution in [0.5, 0.6) is 11.5 Å². The Morgan fingerprint density at radius 1 is 0.789 bits per heavy atom. The number of ether oxygens (including phenoxy) is 2. The van der Waals surface area contributed by atoms with Gasteiger partial charge in [-0.1, -0.05) is 18.2 Å². The Hall–Kier alpha value is -1.48. The van der Waals surface area contributed by atoms with Gasteiger partial charge in [-0.3, -0.25) is 0 Å². The van der Waals surface area contributed by atoms with E-state index < -0.39 is 0 Å². The second-order valence-corrected chi connectivity index (χ2v) is 5.22. The lowest BCUT2D eigenvalue weighted by molar-refractivity contribution is 0.397. The fraction of sp³-hybridized carbons (Fsp3) is 0.250. The lowest BCUT2D eigenvalue weighted by Gasteiger charge is -2.17. The number of benzene rings is 2. The zero-order valence-electron chi connectivity index (χ0n) is 11.6. The number of rotatable bonds is 3. The van der Waals surface area contributed by atoms with Crippen LogP contribution in [0.1, 0.15) is 11.1 Å². The molecule has 0 aliphatic rings. The maximum Gasteiger partial charge on any atom is 0.130 e. The number of aryl methyl sites for hydroxylation is 2. The van der Waals surface area contributed by atoms with Crippen molar-refractivity contribution in [1.82, 2.24) is 0 Å². The Balaban J connectivity index is 2.82. The van der Waals surface area contributed by atoms with Gasteiger partial charge < -0.3 is 9.47 Å². The monoisotopic (exact) mass is 320 g/mol. The van der Waals surface area contributed by atoms with E-state index in [4.69, 9.17) is 9.47 Å². The Kier molecular flexibility index (Phi) is 4.15. The highest BCUT2D eigenvalue weighted by atomic mass is 79.9. The van der Waals surface area contributed by atoms with Crippen molar-refractivity contribution in [3.8, 4) is 22.6 Å². The van der Waals surface area contributed by atoms with Gasteiger partial charge in [0.15, 0.2) is 0 Å². The third-order valence-electron chi connectivity index (χ3n) is 3.22. The highest BCUT2D eigenvalue weighted by Crippen LogP contribution is 2.44. The fourth-order valence-electron chi connectivity index (χ4n) is 2.18. The zero-order chi connectivity index (χ0) is 14.0. The first-order valence-corrected chi connectivity index (χ1v) is 6.86. The van der Waals surface area contributed by atoms with Gasteiger partial charge in [0.05, 0.1) is 19.8 Å². The van der Waals surface area contributed by atoms with Crippen LogP contribution in [0.4, 0.5) is 0 Å². The summed E-state index contributed by atoms with van der Waals surface area (Å²) in [6.07, 6.45) is 0. The third-order valence-corrected chi connectivity index (χ3v) is 4.24. The van der Waals surface area contributed by atoms with Crippen LogP contribution >= 0.6 is 15.9 Å². The van der Waals surface area contributed by atoms with Gasteiger partial charge >= 0.3 is 0 Å². The third kappa shape index (κ3) is 2.47. The van der Waals surface area contributed by atoms with Gasteiger partial charge in [0.25, 0.3) is 0 Å². The fourth-order valence-corrected chi connectivity index (χ4v) is 2.82. The molecule has 0 fully saturated rings. The summed E-state index contributed by atoms with van der Waals surface area (Å²) < 4.78 is 12.1. The lowest BCUT2D eigenvalue weighted by atomic mass is 9.97. The van der Waals surface area contributed by atoms with Gasteiger partial charge in [-0.2, -0.15) is 0 Å². The quantitative estimate of drug-likeness (QED) is 0.812. The van der Waals surface area contributed by atoms with E-state index in [-0.39, 0.29) is 0 Å². The van der Waals surface area contributed by atoms with Gasteiger partial charge in [0, 0.05) is 10.0 Å². The first kappa shape index (κ1) is 13.9. The van der Waals surface area contributed by atoms with E-state index in [9.17, 15) is 0 Å². The molecule has 0 heterocycles. The SMILES string of the molecule is COc1cccc(OC)c1-c1c(C)ccc(C)c1Br. The molecule has 0 amide bonds. The lowest BCUT2D eigenvalue weighted by Crippen LogP contribution is -1.96. The summed E-state index contributed by atoms with van der Waals surface area (Å²) in [5.74, 6) is 1.63. The summed E-state index contributed by atoms with van der Waals surface area (Å²) in [4.78, 5) is 0. The zero-order valence-corrected chi connectivity index (χ0v) is 13.2. The minimum absolute atomic E-state index is 0.814. The molecule has 0 bridgehead atoms. The second kappa shape index (κ2) is 5.66. The molecule has 2 aromatic carbocycles. The normalized spacial score (nSPS) is 10.4. The molecule has 0 saturated carbocycles. The molecule has 3 heteroatoms. The summed E-state index contributed by atoms with van der Waals surface area (Å²) >= 11 is 3.68. The topological polar surface area (TPSA) is 18.5 Å². The van der Waals surface area contributed by atoms with Crippen molar-refractivity contribution in [3.63, 3.8) is 0 Å². The first-order valence-electron chi connectivity index (χ1n) is 6.07. The van der Waals surface area contributed by atoms with Crippen LogP contribution in [0.2, 0.25) is 0 Å². The summed E-state index contributed by atoms with van der Waals surface area (Å²) in [5, 5.41) is 0. The molecule has 0 saturated heterocycles. The van der Waals surface area contributed by atoms with Crippen LogP contribution in [0, 0.1) is 13.8 Å². The van der Waals surface area contributed by atoms with Crippen LogP contribution in [-0.2, 0) is 0 Å². The summed E-state index contributed by atoms with van der Waals surface area (Å²) in [5.41, 5.74) is 4.48. The standard InChI is InChI=1S/C16H17BrO2/c1-10-8-9-11(2)16(17)14(10)15-12(18-3)6-5-7-13(15)19-4/h5-9H,1-4H3. The minimum atomic E-state index is 0.814. The molecule has 0 aromatic heterocycles. The molecule has 0 aliphatic carbocycles. The molecule has 2 aromatic rings. The van der Waals surface area contributed by atoms with E-state index in [0.717, 1.165) is 27.1 Å². The average Bonchev–Trinajstić information content (AvgIpc) is 2.43. The molecule has 0 N–H and O–H groups in total. The van der Waals surface area contributed by atoms with E-state index in [2.05, 4.69) is 41.9 Å². The van der Waals surface area contributed by atoms with Gasteiger partial charge in [0.1, 0.15) is 11.5 Å². The molecule has 0 spiro atoms. The van der Waals surface area contributed by atoms with Crippen LogP contribution in [0.3, 0.4) is 0 Å². The molecule has 100 valence electrons. The molecular formula is C16H17BrO2. The highest BCUT2D eigenvalue weighted by Gasteiger charge is 2.17. The van der Waals surface area contributed by atoms with E-state index in [0.29, 0.717) is 0 Å². The van der Waals surface area contributed by atoms with Crippen LogP contribution in [-0.4, -0.2) is 14.2 Å². The number of hydrogen-bond acceptors (Lipinski definition) is 2. The molecule has 0 aliphatic heterocycles. The van der Waals surface area contributed by atoms with Crippen molar-refractivity contribution in [1.29, 1.82) is 0 Å². The molecule has 19 heavy (non-hydrogen) atoms. The van der Waals surface area contributed by atoms with E-state index in [1.54, 1.807) is 14.2 Å². The van der Waals surface area contributed by atoms with Crippen LogP contribution in [0.15, 0.2) is 34.8 Å². The average molecular weight is 321 g/mol. The van der Waals surface area contributed by atoms with E-state index in [1.807, 2.05) is 18.2 Å². The minimum Gasteiger partial charge on any atom is -0.496 e. The van der Waals surface area contributed by atoms with Crippen molar-refractivity contribution in [2.75, 3.05) is 14.2 Å². The predicted octanol–water partition coefficient (Wildman–Crippen LogP) is 4.75. The van der Waals surface area contributed by atoms with Gasteiger partial charge in [-0.25, -0.2) is 0 Å². The van der Waals surface area contributed by atoms with E-state index >= 15 is 0 Å². The Morgan fingerprint density at radius 2 is 1.32 bits per heavy atom. The van der Waals surface area contributed by atoms with Crippen LogP contribution in [0.25, 0.3) is 11.1 Å². The molecule has 2 nitrogen and oxygen atoms in total. The number of hydrogen-bond donors (Lipinski definition) is 0. The Bertz CT molecular complexity index is 584. The maximum absolute atomic E-state index is 5.49. The summed E-state index contributed by atoms with van der Waals surface area (Å²) in [7, 11) is 3.36. The van der Waals surface area contributed by atoms with Gasteiger partial charge in [-0.05, 0) is 53.0 Å². The Morgan fingerprint density at radius 3 is 1.84 bits per heavy atom. The second-order valence-electron chi connectivity index (χ2n) is 4.43. The summed E-state index contributed by atoms with van der Waals surface area (Å²) in [6, 6.07) is 10.0. The van der Waals surface area contributed by atoms with Crippen molar-refractivity contribution in [2.45, 2.75) is 13.8 Å². The first-order chi connectivity index (χ1) is 9.10. The molecule has 0 unspecified atom stereocenters. The maximum atomic E-state index is 5.49. The van der Waals surface area contributed by atoms with Crippen molar-refractivity contribution in [3.05, 3.63) is 45.9 Å². The van der Waals surface area contributed by atoms with Crippen LogP contribution < -0.4 is 9.47 Å². The van der Waals surface area contributed by atoms with Gasteiger partial charge in [-0.15, -0.1) is 0 Å². The molecule has 0 atom stereocenters. The van der Waals surface area contributed by atoms with E-state index in [1.165, 1.54) is 11.1 Å². The smallest absolute Gasteiger partial charge is 0.130 e. The van der Waals surface area contributed by atoms with Crippen molar-refractivity contribution >= 4 is 15.9 Å². The van der Waals surface area contributed by atoms with Gasteiger partial charge in [0.2, 0.25) is 0 Å². The molecule has 2 rings (SSSR count). The van der Waals surface area contributed by atoms with Crippen molar-refractivity contribution in [2.24, 2.45) is 0 Å².